The van der Waals surface area contributed by atoms with Gasteiger partial charge >= 0.3 is 0 Å². The molecule has 3 rings (SSSR count). The van der Waals surface area contributed by atoms with E-state index in [-0.39, 0.29) is 6.61 Å². The van der Waals surface area contributed by atoms with E-state index in [0.29, 0.717) is 6.42 Å². The summed E-state index contributed by atoms with van der Waals surface area (Å²) in [5.74, 6) is 0. The molecular weight excluding hydrogens is 308 g/mol. The quantitative estimate of drug-likeness (QED) is 0.632. The summed E-state index contributed by atoms with van der Waals surface area (Å²) in [5.41, 5.74) is 2.40. The highest BCUT2D eigenvalue weighted by atomic mass is 16.5. The predicted molar refractivity (Wildman–Crippen MR) is 101 cm³/mol. The first-order chi connectivity index (χ1) is 12.3. The third kappa shape index (κ3) is 3.65. The van der Waals surface area contributed by atoms with Gasteiger partial charge in [-0.15, -0.1) is 0 Å². The molecule has 2 heteroatoms. The van der Waals surface area contributed by atoms with Crippen molar-refractivity contribution in [2.75, 3.05) is 6.61 Å². The van der Waals surface area contributed by atoms with Crippen LogP contribution in [0.4, 0.5) is 0 Å². The maximum absolute atomic E-state index is 10.1. The monoisotopic (exact) mass is 332 g/mol. The van der Waals surface area contributed by atoms with Crippen molar-refractivity contribution in [3.05, 3.63) is 108 Å². The summed E-state index contributed by atoms with van der Waals surface area (Å²) in [4.78, 5) is 0. The van der Waals surface area contributed by atoms with Gasteiger partial charge in [-0.3, -0.25) is 0 Å². The van der Waals surface area contributed by atoms with E-state index >= 15 is 0 Å². The van der Waals surface area contributed by atoms with Crippen LogP contribution in [0.2, 0.25) is 0 Å². The van der Waals surface area contributed by atoms with Gasteiger partial charge in [0.15, 0.2) is 0 Å². The van der Waals surface area contributed by atoms with Gasteiger partial charge < -0.3 is 9.84 Å². The fraction of sp³-hybridized carbons (Fsp3) is 0.217. The van der Waals surface area contributed by atoms with E-state index in [2.05, 4.69) is 36.4 Å². The molecule has 0 saturated carbocycles. The van der Waals surface area contributed by atoms with E-state index in [9.17, 15) is 5.11 Å². The third-order valence-electron chi connectivity index (χ3n) is 4.50. The Bertz CT molecular complexity index is 657. The molecule has 1 N–H and O–H groups in total. The van der Waals surface area contributed by atoms with Crippen molar-refractivity contribution < 1.29 is 9.84 Å². The number of aliphatic hydroxyl groups is 1. The first-order valence-corrected chi connectivity index (χ1v) is 8.76. The van der Waals surface area contributed by atoms with E-state index in [0.717, 1.165) is 16.7 Å². The molecule has 128 valence electrons. The van der Waals surface area contributed by atoms with Gasteiger partial charge in [-0.1, -0.05) is 97.9 Å². The molecule has 0 fully saturated rings. The minimum Gasteiger partial charge on any atom is -0.391 e. The molecule has 0 saturated heterocycles. The number of benzene rings is 3. The van der Waals surface area contributed by atoms with Gasteiger partial charge in [-0.2, -0.15) is 0 Å². The topological polar surface area (TPSA) is 29.5 Å². The van der Waals surface area contributed by atoms with Crippen LogP contribution in [0, 0.1) is 0 Å². The Kier molecular flexibility index (Phi) is 5.64. The van der Waals surface area contributed by atoms with Gasteiger partial charge in [-0.05, 0) is 23.1 Å². The van der Waals surface area contributed by atoms with Crippen LogP contribution in [0.1, 0.15) is 30.0 Å². The van der Waals surface area contributed by atoms with E-state index in [1.165, 1.54) is 0 Å². The second-order valence-corrected chi connectivity index (χ2v) is 6.15. The first kappa shape index (κ1) is 17.4. The van der Waals surface area contributed by atoms with Crippen LogP contribution >= 0.6 is 0 Å². The Morgan fingerprint density at radius 1 is 0.720 bits per heavy atom. The summed E-state index contributed by atoms with van der Waals surface area (Å²) >= 11 is 0. The van der Waals surface area contributed by atoms with Gasteiger partial charge in [0, 0.05) is 0 Å². The fourth-order valence-corrected chi connectivity index (χ4v) is 3.11. The lowest BCUT2D eigenvalue weighted by Gasteiger charge is -2.36. The molecule has 0 radical (unpaired) electrons. The summed E-state index contributed by atoms with van der Waals surface area (Å²) < 4.78 is 6.49. The lowest BCUT2D eigenvalue weighted by molar-refractivity contribution is -0.0386. The zero-order valence-electron chi connectivity index (χ0n) is 14.5. The second kappa shape index (κ2) is 8.11. The number of hydrogen-bond acceptors (Lipinski definition) is 2. The summed E-state index contributed by atoms with van der Waals surface area (Å²) in [6.07, 6.45) is 0.171. The van der Waals surface area contributed by atoms with Crippen LogP contribution in [-0.4, -0.2) is 17.8 Å². The van der Waals surface area contributed by atoms with E-state index < -0.39 is 11.7 Å². The minimum absolute atomic E-state index is 0.273. The van der Waals surface area contributed by atoms with Crippen molar-refractivity contribution in [1.82, 2.24) is 0 Å². The Hall–Kier alpha value is -2.42. The molecule has 1 atom stereocenters. The lowest BCUT2D eigenvalue weighted by Crippen LogP contribution is -2.35. The van der Waals surface area contributed by atoms with Crippen LogP contribution in [-0.2, 0) is 10.3 Å². The van der Waals surface area contributed by atoms with Crippen molar-refractivity contribution in [1.29, 1.82) is 0 Å². The molecule has 0 aliphatic rings. The van der Waals surface area contributed by atoms with Crippen molar-refractivity contribution in [2.24, 2.45) is 0 Å². The van der Waals surface area contributed by atoms with Gasteiger partial charge in [0.2, 0.25) is 0 Å². The molecule has 25 heavy (non-hydrogen) atoms. The normalized spacial score (nSPS) is 12.7. The van der Waals surface area contributed by atoms with Crippen LogP contribution in [0.25, 0.3) is 0 Å². The molecular formula is C23H24O2. The van der Waals surface area contributed by atoms with Gasteiger partial charge in [0.1, 0.15) is 5.60 Å². The zero-order chi connectivity index (χ0) is 17.5. The van der Waals surface area contributed by atoms with Crippen LogP contribution in [0.15, 0.2) is 91.0 Å². The van der Waals surface area contributed by atoms with E-state index in [4.69, 9.17) is 4.74 Å². The summed E-state index contributed by atoms with van der Waals surface area (Å²) in [6.45, 7) is 2.23. The average molecular weight is 332 g/mol. The van der Waals surface area contributed by atoms with Crippen molar-refractivity contribution in [2.45, 2.75) is 25.0 Å². The van der Waals surface area contributed by atoms with E-state index in [1.807, 2.05) is 61.5 Å². The Labute approximate surface area is 149 Å². The Morgan fingerprint density at radius 2 is 1.08 bits per heavy atom. The van der Waals surface area contributed by atoms with E-state index in [1.54, 1.807) is 0 Å². The average Bonchev–Trinajstić information content (AvgIpc) is 2.71. The molecule has 3 aromatic rings. The second-order valence-electron chi connectivity index (χ2n) is 6.15. The Morgan fingerprint density at radius 3 is 1.40 bits per heavy atom. The summed E-state index contributed by atoms with van der Waals surface area (Å²) in [6, 6.07) is 30.6. The van der Waals surface area contributed by atoms with Gasteiger partial charge in [0.05, 0.1) is 12.7 Å². The highest BCUT2D eigenvalue weighted by molar-refractivity contribution is 5.47. The molecule has 2 nitrogen and oxygen atoms in total. The number of aliphatic hydroxyl groups excluding tert-OH is 1. The van der Waals surface area contributed by atoms with Gasteiger partial charge in [-0.25, -0.2) is 0 Å². The van der Waals surface area contributed by atoms with Crippen LogP contribution < -0.4 is 0 Å². The minimum atomic E-state index is -0.750. The van der Waals surface area contributed by atoms with Gasteiger partial charge in [0.25, 0.3) is 0 Å². The van der Waals surface area contributed by atoms with Crippen molar-refractivity contribution in [3.63, 3.8) is 0 Å². The molecule has 0 spiro atoms. The SMILES string of the molecule is CC[C@H](O)COC(c1ccccc1)(c1ccccc1)c1ccccc1. The lowest BCUT2D eigenvalue weighted by atomic mass is 9.80. The standard InChI is InChI=1S/C23H24O2/c1-2-22(24)18-25-23(19-12-6-3-7-13-19,20-14-8-4-9-15-20)21-16-10-5-11-17-21/h3-17,22,24H,2,18H2,1H3/t22-/m0/s1. The molecule has 0 amide bonds. The molecule has 3 aromatic carbocycles. The number of rotatable bonds is 7. The highest BCUT2D eigenvalue weighted by Crippen LogP contribution is 2.40. The third-order valence-corrected chi connectivity index (χ3v) is 4.50. The maximum atomic E-state index is 10.1. The molecule has 0 heterocycles. The first-order valence-electron chi connectivity index (χ1n) is 8.76. The molecule has 0 unspecified atom stereocenters. The maximum Gasteiger partial charge on any atom is 0.143 e. The molecule has 0 aliphatic carbocycles. The smallest absolute Gasteiger partial charge is 0.143 e. The summed E-state index contributed by atoms with van der Waals surface area (Å²) in [7, 11) is 0. The summed E-state index contributed by atoms with van der Waals surface area (Å²) in [5, 5.41) is 10.1. The molecule has 0 aliphatic heterocycles. The molecule has 0 bridgehead atoms. The highest BCUT2D eigenvalue weighted by Gasteiger charge is 2.37. The largest absolute Gasteiger partial charge is 0.391 e. The van der Waals surface area contributed by atoms with Crippen LogP contribution in [0.5, 0.6) is 0 Å². The number of hydrogen-bond donors (Lipinski definition) is 1. The predicted octanol–water partition coefficient (Wildman–Crippen LogP) is 4.77. The zero-order valence-corrected chi connectivity index (χ0v) is 14.5. The fourth-order valence-electron chi connectivity index (χ4n) is 3.11. The Balaban J connectivity index is 2.20. The van der Waals surface area contributed by atoms with Crippen molar-refractivity contribution >= 4 is 0 Å². The van der Waals surface area contributed by atoms with Crippen molar-refractivity contribution in [3.8, 4) is 0 Å². The van der Waals surface area contributed by atoms with Crippen LogP contribution in [0.3, 0.4) is 0 Å². The molecule has 0 aromatic heterocycles. The number of ether oxygens (including phenoxy) is 1.